The summed E-state index contributed by atoms with van der Waals surface area (Å²) in [7, 11) is 0. The first-order chi connectivity index (χ1) is 31.7. The van der Waals surface area contributed by atoms with Gasteiger partial charge in [0.25, 0.3) is 0 Å². The highest BCUT2D eigenvalue weighted by atomic mass is 16.7. The zero-order valence-electron chi connectivity index (χ0n) is 41.2. The summed E-state index contributed by atoms with van der Waals surface area (Å²) in [6.45, 7) is 4.18. The summed E-state index contributed by atoms with van der Waals surface area (Å²) in [5.74, 6) is -0.287. The third-order valence-corrected chi connectivity index (χ3v) is 12.1. The first-order valence-corrected chi connectivity index (χ1v) is 26.4. The minimum Gasteiger partial charge on any atom is -0.466 e. The van der Waals surface area contributed by atoms with E-state index in [1.165, 1.54) is 89.9 Å². The SMILES string of the molecule is CCCCCCC/C=C/CC/C=C/CC/C=C/C(O)C(COC1OC(CO)C(O)C(O)C1O)NC(=O)CCCCCCC/C=C\CCCCOC(=O)CCCCCCCCCCCCC. The van der Waals surface area contributed by atoms with Crippen LogP contribution in [0.4, 0.5) is 0 Å². The fourth-order valence-electron chi connectivity index (χ4n) is 7.87. The highest BCUT2D eigenvalue weighted by Crippen LogP contribution is 2.22. The predicted molar refractivity (Wildman–Crippen MR) is 264 cm³/mol. The molecule has 1 aliphatic heterocycles. The molecule has 0 bridgehead atoms. The Morgan fingerprint density at radius 3 is 1.52 bits per heavy atom. The van der Waals surface area contributed by atoms with Crippen molar-refractivity contribution >= 4 is 11.9 Å². The lowest BCUT2D eigenvalue weighted by Gasteiger charge is -2.40. The van der Waals surface area contributed by atoms with Gasteiger partial charge >= 0.3 is 5.97 Å². The molecule has 1 amide bonds. The molecule has 1 aliphatic rings. The summed E-state index contributed by atoms with van der Waals surface area (Å²) in [5.41, 5.74) is 0. The van der Waals surface area contributed by atoms with Crippen LogP contribution in [0, 0.1) is 0 Å². The van der Waals surface area contributed by atoms with Gasteiger partial charge in [-0.05, 0) is 83.5 Å². The lowest BCUT2D eigenvalue weighted by molar-refractivity contribution is -0.302. The van der Waals surface area contributed by atoms with Crippen LogP contribution in [0.15, 0.2) is 48.6 Å². The molecular formula is C54H97NO10. The second-order valence-electron chi connectivity index (χ2n) is 18.2. The van der Waals surface area contributed by atoms with Crippen molar-refractivity contribution in [3.05, 3.63) is 48.6 Å². The van der Waals surface area contributed by atoms with Crippen molar-refractivity contribution in [3.8, 4) is 0 Å². The van der Waals surface area contributed by atoms with E-state index in [-0.39, 0.29) is 18.5 Å². The van der Waals surface area contributed by atoms with E-state index in [0.717, 1.165) is 89.9 Å². The van der Waals surface area contributed by atoms with E-state index in [0.29, 0.717) is 32.3 Å². The quantitative estimate of drug-likeness (QED) is 0.0196. The molecule has 6 N–H and O–H groups in total. The number of carbonyl (C=O) groups is 2. The van der Waals surface area contributed by atoms with Crippen molar-refractivity contribution in [2.45, 2.75) is 262 Å². The maximum absolute atomic E-state index is 13.0. The van der Waals surface area contributed by atoms with E-state index in [2.05, 4.69) is 55.6 Å². The maximum atomic E-state index is 13.0. The van der Waals surface area contributed by atoms with Crippen molar-refractivity contribution in [1.82, 2.24) is 5.32 Å². The molecule has 1 rings (SSSR count). The Labute approximate surface area is 396 Å². The molecule has 7 atom stereocenters. The number of aliphatic hydroxyl groups is 5. The molecule has 1 fully saturated rings. The van der Waals surface area contributed by atoms with Crippen molar-refractivity contribution in [2.75, 3.05) is 19.8 Å². The Bertz CT molecular complexity index is 1220. The van der Waals surface area contributed by atoms with Crippen LogP contribution in [0.3, 0.4) is 0 Å². The number of amides is 1. The van der Waals surface area contributed by atoms with Gasteiger partial charge in [-0.2, -0.15) is 0 Å². The molecule has 11 nitrogen and oxygen atoms in total. The fourth-order valence-corrected chi connectivity index (χ4v) is 7.87. The third kappa shape index (κ3) is 34.6. The van der Waals surface area contributed by atoms with E-state index in [4.69, 9.17) is 14.2 Å². The second kappa shape index (κ2) is 44.1. The molecule has 0 aromatic heterocycles. The number of carbonyl (C=O) groups excluding carboxylic acids is 2. The number of ether oxygens (including phenoxy) is 3. The summed E-state index contributed by atoms with van der Waals surface area (Å²) in [5, 5.41) is 54.2. The summed E-state index contributed by atoms with van der Waals surface area (Å²) in [6.07, 6.45) is 43.3. The van der Waals surface area contributed by atoms with Crippen molar-refractivity contribution in [3.63, 3.8) is 0 Å². The number of allylic oxidation sites excluding steroid dienone is 7. The molecule has 0 aliphatic carbocycles. The normalized spacial score (nSPS) is 20.1. The number of unbranched alkanes of at least 4 members (excludes halogenated alkanes) is 24. The van der Waals surface area contributed by atoms with Gasteiger partial charge in [-0.15, -0.1) is 0 Å². The smallest absolute Gasteiger partial charge is 0.305 e. The minimum absolute atomic E-state index is 0.0603. The summed E-state index contributed by atoms with van der Waals surface area (Å²) in [6, 6.07) is -0.856. The number of aliphatic hydroxyl groups excluding tert-OH is 5. The lowest BCUT2D eigenvalue weighted by atomic mass is 9.99. The van der Waals surface area contributed by atoms with Crippen LogP contribution >= 0.6 is 0 Å². The molecule has 0 aromatic rings. The van der Waals surface area contributed by atoms with Gasteiger partial charge < -0.3 is 45.1 Å². The van der Waals surface area contributed by atoms with Gasteiger partial charge in [-0.3, -0.25) is 9.59 Å². The van der Waals surface area contributed by atoms with Gasteiger partial charge in [0.2, 0.25) is 5.91 Å². The van der Waals surface area contributed by atoms with Gasteiger partial charge in [-0.1, -0.05) is 172 Å². The van der Waals surface area contributed by atoms with Crippen LogP contribution in [0.1, 0.15) is 219 Å². The molecule has 1 heterocycles. The van der Waals surface area contributed by atoms with Crippen molar-refractivity contribution < 1.29 is 49.3 Å². The number of hydrogen-bond acceptors (Lipinski definition) is 10. The molecule has 0 saturated carbocycles. The topological polar surface area (TPSA) is 175 Å². The third-order valence-electron chi connectivity index (χ3n) is 12.1. The number of hydrogen-bond donors (Lipinski definition) is 6. The summed E-state index contributed by atoms with van der Waals surface area (Å²) >= 11 is 0. The maximum Gasteiger partial charge on any atom is 0.305 e. The highest BCUT2D eigenvalue weighted by molar-refractivity contribution is 5.76. The first-order valence-electron chi connectivity index (χ1n) is 26.4. The Morgan fingerprint density at radius 2 is 1.00 bits per heavy atom. The Hall–Kier alpha value is -2.38. The zero-order valence-corrected chi connectivity index (χ0v) is 41.2. The van der Waals surface area contributed by atoms with Crippen LogP contribution < -0.4 is 5.32 Å². The standard InChI is InChI=1S/C54H97NO10/c1-3-5-7-9-11-13-15-16-17-18-21-24-28-32-36-40-47(57)46(45-64-54-53(62)52(61)51(60)48(44-56)65-54)55-49(58)41-37-33-29-25-22-19-23-27-31-35-39-43-63-50(59)42-38-34-30-26-20-14-12-10-8-6-4-2/h15-16,21,23-24,27,36,40,46-48,51-54,56-57,60-62H,3-14,17-20,22,25-26,28-35,37-39,41-45H2,1-2H3,(H,55,58)/b16-15+,24-21+,27-23-,40-36+. The van der Waals surface area contributed by atoms with Crippen LogP contribution in [-0.2, 0) is 23.8 Å². The molecule has 1 saturated heterocycles. The molecule has 65 heavy (non-hydrogen) atoms. The van der Waals surface area contributed by atoms with Gasteiger partial charge in [0.1, 0.15) is 24.4 Å². The monoisotopic (exact) mass is 920 g/mol. The molecule has 0 spiro atoms. The Balaban J connectivity index is 2.28. The molecule has 11 heteroatoms. The molecular weight excluding hydrogens is 823 g/mol. The first kappa shape index (κ1) is 60.6. The Kier molecular flexibility index (Phi) is 41.2. The largest absolute Gasteiger partial charge is 0.466 e. The van der Waals surface area contributed by atoms with Crippen LogP contribution in [0.25, 0.3) is 0 Å². The number of nitrogens with one attached hydrogen (secondary N) is 1. The Morgan fingerprint density at radius 1 is 0.554 bits per heavy atom. The van der Waals surface area contributed by atoms with Gasteiger partial charge in [-0.25, -0.2) is 0 Å². The van der Waals surface area contributed by atoms with E-state index in [1.54, 1.807) is 6.08 Å². The van der Waals surface area contributed by atoms with Gasteiger partial charge in [0.15, 0.2) is 6.29 Å². The lowest BCUT2D eigenvalue weighted by Crippen LogP contribution is -2.60. The van der Waals surface area contributed by atoms with E-state index < -0.39 is 49.5 Å². The number of rotatable bonds is 44. The fraction of sp³-hybridized carbons (Fsp3) is 0.815. The summed E-state index contributed by atoms with van der Waals surface area (Å²) < 4.78 is 16.6. The summed E-state index contributed by atoms with van der Waals surface area (Å²) in [4.78, 5) is 25.0. The van der Waals surface area contributed by atoms with Gasteiger partial charge in [0.05, 0.1) is 32.0 Å². The average Bonchev–Trinajstić information content (AvgIpc) is 3.30. The van der Waals surface area contributed by atoms with E-state index >= 15 is 0 Å². The van der Waals surface area contributed by atoms with Crippen molar-refractivity contribution in [1.29, 1.82) is 0 Å². The average molecular weight is 920 g/mol. The predicted octanol–water partition coefficient (Wildman–Crippen LogP) is 10.9. The van der Waals surface area contributed by atoms with E-state index in [9.17, 15) is 35.1 Å². The molecule has 378 valence electrons. The minimum atomic E-state index is -1.59. The van der Waals surface area contributed by atoms with E-state index in [1.807, 2.05) is 6.08 Å². The van der Waals surface area contributed by atoms with Gasteiger partial charge in [0, 0.05) is 12.8 Å². The van der Waals surface area contributed by atoms with Crippen LogP contribution in [0.2, 0.25) is 0 Å². The highest BCUT2D eigenvalue weighted by Gasteiger charge is 2.44. The zero-order chi connectivity index (χ0) is 47.4. The van der Waals surface area contributed by atoms with Crippen LogP contribution in [-0.4, -0.2) is 100 Å². The molecule has 7 unspecified atom stereocenters. The second-order valence-corrected chi connectivity index (χ2v) is 18.2. The number of esters is 1. The molecule has 0 radical (unpaired) electrons. The molecule has 0 aromatic carbocycles. The van der Waals surface area contributed by atoms with Crippen molar-refractivity contribution in [2.24, 2.45) is 0 Å². The van der Waals surface area contributed by atoms with Crippen LogP contribution in [0.5, 0.6) is 0 Å².